The highest BCUT2D eigenvalue weighted by molar-refractivity contribution is 6.16. The lowest BCUT2D eigenvalue weighted by Crippen LogP contribution is -2.54. The Morgan fingerprint density at radius 3 is 2.44 bits per heavy atom. The first-order chi connectivity index (χ1) is 18.8. The lowest BCUT2D eigenvalue weighted by molar-refractivity contribution is -0.241. The van der Waals surface area contributed by atoms with E-state index in [-0.39, 0.29) is 18.5 Å². The van der Waals surface area contributed by atoms with Crippen LogP contribution in [0.25, 0.3) is 21.9 Å². The van der Waals surface area contributed by atoms with Gasteiger partial charge in [0.05, 0.1) is 6.61 Å². The maximum absolute atomic E-state index is 13.5. The number of rotatable bonds is 5. The predicted octanol–water partition coefficient (Wildman–Crippen LogP) is 5.30. The normalized spacial score (nSPS) is 23.7. The molecule has 6 rings (SSSR count). The highest BCUT2D eigenvalue weighted by atomic mass is 16.7. The van der Waals surface area contributed by atoms with E-state index in [1.54, 1.807) is 7.11 Å². The van der Waals surface area contributed by atoms with Gasteiger partial charge in [-0.25, -0.2) is 0 Å². The fourth-order valence-electron chi connectivity index (χ4n) is 5.98. The SMILES string of the molecule is COC1C(C)COC(Oc2c3c(c(-c4ccc5c(c4)OCO5)c4cc(C)c(C)cc24)C(=O)CC3)C1OC(C)=O. The molecule has 1 fully saturated rings. The van der Waals surface area contributed by atoms with E-state index in [0.29, 0.717) is 42.3 Å². The van der Waals surface area contributed by atoms with Crippen molar-refractivity contribution in [3.8, 4) is 28.4 Å². The third-order valence-electron chi connectivity index (χ3n) is 8.00. The van der Waals surface area contributed by atoms with E-state index in [0.717, 1.165) is 38.6 Å². The molecule has 3 aliphatic rings. The summed E-state index contributed by atoms with van der Waals surface area (Å²) in [7, 11) is 1.60. The highest BCUT2D eigenvalue weighted by Crippen LogP contribution is 2.48. The third kappa shape index (κ3) is 4.32. The number of methoxy groups -OCH3 is 1. The van der Waals surface area contributed by atoms with Crippen LogP contribution in [-0.2, 0) is 25.4 Å². The van der Waals surface area contributed by atoms with E-state index in [9.17, 15) is 9.59 Å². The van der Waals surface area contributed by atoms with Gasteiger partial charge in [-0.1, -0.05) is 19.1 Å². The molecule has 204 valence electrons. The van der Waals surface area contributed by atoms with Gasteiger partial charge in [0.2, 0.25) is 13.1 Å². The molecule has 4 atom stereocenters. The fourth-order valence-corrected chi connectivity index (χ4v) is 5.98. The lowest BCUT2D eigenvalue weighted by atomic mass is 9.87. The van der Waals surface area contributed by atoms with Gasteiger partial charge in [0, 0.05) is 48.4 Å². The zero-order valence-corrected chi connectivity index (χ0v) is 22.8. The minimum atomic E-state index is -0.893. The monoisotopic (exact) mass is 532 g/mol. The molecule has 0 N–H and O–H groups in total. The number of benzene rings is 3. The first kappa shape index (κ1) is 25.6. The molecule has 3 aromatic carbocycles. The molecule has 0 amide bonds. The molecule has 1 aliphatic carbocycles. The van der Waals surface area contributed by atoms with E-state index in [1.807, 2.05) is 25.1 Å². The lowest BCUT2D eigenvalue weighted by Gasteiger charge is -2.40. The Kier molecular flexibility index (Phi) is 6.47. The van der Waals surface area contributed by atoms with E-state index >= 15 is 0 Å². The molecule has 0 radical (unpaired) electrons. The third-order valence-corrected chi connectivity index (χ3v) is 8.00. The molecule has 8 nitrogen and oxygen atoms in total. The number of hydrogen-bond donors (Lipinski definition) is 0. The van der Waals surface area contributed by atoms with E-state index in [4.69, 9.17) is 28.4 Å². The zero-order valence-electron chi connectivity index (χ0n) is 22.8. The summed E-state index contributed by atoms with van der Waals surface area (Å²) in [6, 6.07) is 9.99. The number of aryl methyl sites for hydroxylation is 2. The molecule has 8 heteroatoms. The predicted molar refractivity (Wildman–Crippen MR) is 144 cm³/mol. The van der Waals surface area contributed by atoms with Crippen LogP contribution >= 0.6 is 0 Å². The van der Waals surface area contributed by atoms with Crippen LogP contribution in [0, 0.1) is 19.8 Å². The van der Waals surface area contributed by atoms with Crippen molar-refractivity contribution in [2.24, 2.45) is 5.92 Å². The average Bonchev–Trinajstić information content (AvgIpc) is 3.53. The van der Waals surface area contributed by atoms with Crippen LogP contribution in [0.2, 0.25) is 0 Å². The number of carbonyl (C=O) groups excluding carboxylic acids is 2. The van der Waals surface area contributed by atoms with Crippen molar-refractivity contribution in [3.63, 3.8) is 0 Å². The number of esters is 1. The fraction of sp³-hybridized carbons (Fsp3) is 0.419. The summed E-state index contributed by atoms with van der Waals surface area (Å²) in [5.74, 6) is 1.55. The van der Waals surface area contributed by atoms with Gasteiger partial charge in [-0.3, -0.25) is 9.59 Å². The molecule has 0 saturated carbocycles. The minimum Gasteiger partial charge on any atom is -0.460 e. The van der Waals surface area contributed by atoms with Crippen molar-refractivity contribution in [2.45, 2.75) is 59.0 Å². The molecule has 39 heavy (non-hydrogen) atoms. The van der Waals surface area contributed by atoms with Crippen LogP contribution in [0.15, 0.2) is 30.3 Å². The minimum absolute atomic E-state index is 0.00140. The summed E-state index contributed by atoms with van der Waals surface area (Å²) < 4.78 is 35.3. The molecule has 0 spiro atoms. The Balaban J connectivity index is 1.55. The van der Waals surface area contributed by atoms with E-state index < -0.39 is 24.5 Å². The van der Waals surface area contributed by atoms with Gasteiger partial charge in [0.15, 0.2) is 23.4 Å². The van der Waals surface area contributed by atoms with Gasteiger partial charge < -0.3 is 28.4 Å². The molecule has 1 saturated heterocycles. The molecular formula is C31H32O8. The standard InChI is InChI=1S/C31H32O8/c1-15-10-21-22(11-16(15)2)29(39-31-30(38-18(4)32)28(34-5)17(3)13-35-31)20-7-8-23(33)27(20)26(21)19-6-9-24-25(12-19)37-14-36-24/h6,9-12,17,28,30-31H,7-8,13-14H2,1-5H3. The summed E-state index contributed by atoms with van der Waals surface area (Å²) in [6.07, 6.45) is -1.13. The summed E-state index contributed by atoms with van der Waals surface area (Å²) in [5.41, 5.74) is 5.42. The Labute approximate surface area is 227 Å². The van der Waals surface area contributed by atoms with Crippen molar-refractivity contribution in [3.05, 3.63) is 52.6 Å². The quantitative estimate of drug-likeness (QED) is 0.409. The summed E-state index contributed by atoms with van der Waals surface area (Å²) in [6.45, 7) is 8.01. The van der Waals surface area contributed by atoms with Crippen molar-refractivity contribution in [1.82, 2.24) is 0 Å². The second kappa shape index (κ2) is 9.84. The van der Waals surface area contributed by atoms with Gasteiger partial charge in [-0.15, -0.1) is 0 Å². The maximum atomic E-state index is 13.5. The topological polar surface area (TPSA) is 89.5 Å². The Morgan fingerprint density at radius 1 is 0.949 bits per heavy atom. The molecule has 4 unspecified atom stereocenters. The van der Waals surface area contributed by atoms with Gasteiger partial charge in [0.25, 0.3) is 0 Å². The highest BCUT2D eigenvalue weighted by Gasteiger charge is 2.44. The molecule has 2 heterocycles. The van der Waals surface area contributed by atoms with Crippen molar-refractivity contribution in [1.29, 1.82) is 0 Å². The Morgan fingerprint density at radius 2 is 1.69 bits per heavy atom. The first-order valence-corrected chi connectivity index (χ1v) is 13.3. The van der Waals surface area contributed by atoms with Crippen molar-refractivity contribution >= 4 is 22.5 Å². The van der Waals surface area contributed by atoms with E-state index in [1.165, 1.54) is 6.92 Å². The maximum Gasteiger partial charge on any atom is 0.303 e. The van der Waals surface area contributed by atoms with Crippen LogP contribution in [-0.4, -0.2) is 50.8 Å². The summed E-state index contributed by atoms with van der Waals surface area (Å²) >= 11 is 0. The largest absolute Gasteiger partial charge is 0.460 e. The van der Waals surface area contributed by atoms with Crippen LogP contribution < -0.4 is 14.2 Å². The summed E-state index contributed by atoms with van der Waals surface area (Å²) in [4.78, 5) is 25.5. The number of ketones is 1. The number of carbonyl (C=O) groups is 2. The van der Waals surface area contributed by atoms with Crippen LogP contribution in [0.5, 0.6) is 17.2 Å². The molecule has 0 aromatic heterocycles. The molecular weight excluding hydrogens is 500 g/mol. The van der Waals surface area contributed by atoms with Crippen molar-refractivity contribution in [2.75, 3.05) is 20.5 Å². The smallest absolute Gasteiger partial charge is 0.303 e. The number of Topliss-reactive ketones (excluding diaryl/α,β-unsaturated/α-hetero) is 1. The van der Waals surface area contributed by atoms with Gasteiger partial charge in [0.1, 0.15) is 11.9 Å². The Hall–Kier alpha value is -3.62. The van der Waals surface area contributed by atoms with E-state index in [2.05, 4.69) is 26.0 Å². The summed E-state index contributed by atoms with van der Waals surface area (Å²) in [5, 5.41) is 1.77. The van der Waals surface area contributed by atoms with Gasteiger partial charge in [-0.2, -0.15) is 0 Å². The Bertz CT molecular complexity index is 1490. The average molecular weight is 533 g/mol. The number of fused-ring (bicyclic) bond motifs is 3. The second-order valence-electron chi connectivity index (χ2n) is 10.6. The number of ether oxygens (including phenoxy) is 6. The molecule has 2 aliphatic heterocycles. The van der Waals surface area contributed by atoms with Crippen LogP contribution in [0.1, 0.15) is 47.3 Å². The van der Waals surface area contributed by atoms with Gasteiger partial charge >= 0.3 is 5.97 Å². The van der Waals surface area contributed by atoms with Crippen LogP contribution in [0.4, 0.5) is 0 Å². The number of hydrogen-bond acceptors (Lipinski definition) is 8. The van der Waals surface area contributed by atoms with Crippen molar-refractivity contribution < 1.29 is 38.0 Å². The molecule has 0 bridgehead atoms. The zero-order chi connectivity index (χ0) is 27.4. The molecule has 3 aromatic rings. The van der Waals surface area contributed by atoms with Crippen LogP contribution in [0.3, 0.4) is 0 Å². The van der Waals surface area contributed by atoms with Gasteiger partial charge in [-0.05, 0) is 60.5 Å². The first-order valence-electron chi connectivity index (χ1n) is 13.3. The second-order valence-corrected chi connectivity index (χ2v) is 10.6.